The third kappa shape index (κ3) is 6.50. The van der Waals surface area contributed by atoms with E-state index in [0.29, 0.717) is 24.2 Å². The molecule has 1 unspecified atom stereocenters. The number of likely N-dealkylation sites (N-methyl/N-ethyl adjacent to an activating group) is 1. The highest BCUT2D eigenvalue weighted by molar-refractivity contribution is 7.18. The predicted octanol–water partition coefficient (Wildman–Crippen LogP) is 3.33. The minimum absolute atomic E-state index is 0.324. The number of ether oxygens (including phenoxy) is 1. The van der Waals surface area contributed by atoms with E-state index in [2.05, 4.69) is 51.0 Å². The lowest BCUT2D eigenvalue weighted by Gasteiger charge is -2.37. The molecule has 4 N–H and O–H groups in total. The molecular weight excluding hydrogens is 460 g/mol. The Hall–Kier alpha value is -3.16. The SMILES string of the molecule is CC1CN(c2ncc(-c3cnc(NN)c(OCc4cccc(C#CC(C)(C)O)c4)c3)s2)CCN1C. The van der Waals surface area contributed by atoms with Crippen LogP contribution in [0, 0.1) is 11.8 Å². The molecule has 0 amide bonds. The summed E-state index contributed by atoms with van der Waals surface area (Å²) >= 11 is 1.66. The Morgan fingerprint density at radius 3 is 2.83 bits per heavy atom. The van der Waals surface area contributed by atoms with Crippen LogP contribution in [0.5, 0.6) is 5.75 Å². The van der Waals surface area contributed by atoms with Crippen LogP contribution in [0.25, 0.3) is 10.4 Å². The Morgan fingerprint density at radius 1 is 1.26 bits per heavy atom. The summed E-state index contributed by atoms with van der Waals surface area (Å²) in [5.74, 6) is 12.5. The molecule has 9 heteroatoms. The lowest BCUT2D eigenvalue weighted by molar-refractivity contribution is 0.143. The number of nitrogen functional groups attached to an aromatic ring is 1. The van der Waals surface area contributed by atoms with Gasteiger partial charge in [0, 0.05) is 49.2 Å². The molecule has 1 aliphatic heterocycles. The molecule has 1 fully saturated rings. The van der Waals surface area contributed by atoms with Crippen molar-refractivity contribution < 1.29 is 9.84 Å². The van der Waals surface area contributed by atoms with Crippen LogP contribution in [0.2, 0.25) is 0 Å². The Balaban J connectivity index is 1.49. The zero-order chi connectivity index (χ0) is 25.0. The van der Waals surface area contributed by atoms with Crippen LogP contribution in [-0.4, -0.2) is 58.3 Å². The summed E-state index contributed by atoms with van der Waals surface area (Å²) in [6.45, 7) is 8.84. The van der Waals surface area contributed by atoms with Gasteiger partial charge in [-0.2, -0.15) is 0 Å². The van der Waals surface area contributed by atoms with E-state index >= 15 is 0 Å². The van der Waals surface area contributed by atoms with E-state index in [9.17, 15) is 5.11 Å². The van der Waals surface area contributed by atoms with Crippen LogP contribution >= 0.6 is 11.3 Å². The van der Waals surface area contributed by atoms with Gasteiger partial charge in [-0.25, -0.2) is 15.8 Å². The molecule has 3 heterocycles. The van der Waals surface area contributed by atoms with Crippen LogP contribution < -0.4 is 20.9 Å². The summed E-state index contributed by atoms with van der Waals surface area (Å²) in [6.07, 6.45) is 3.67. The number of anilines is 2. The lowest BCUT2D eigenvalue weighted by atomic mass is 10.1. The number of piperazine rings is 1. The smallest absolute Gasteiger partial charge is 0.185 e. The van der Waals surface area contributed by atoms with E-state index in [-0.39, 0.29) is 0 Å². The fourth-order valence-corrected chi connectivity index (χ4v) is 4.62. The first-order chi connectivity index (χ1) is 16.7. The fraction of sp³-hybridized carbons (Fsp3) is 0.385. The molecule has 1 saturated heterocycles. The van der Waals surface area contributed by atoms with E-state index < -0.39 is 5.60 Å². The van der Waals surface area contributed by atoms with Gasteiger partial charge in [-0.05, 0) is 51.6 Å². The average molecular weight is 493 g/mol. The summed E-state index contributed by atoms with van der Waals surface area (Å²) in [4.78, 5) is 14.9. The molecule has 8 nitrogen and oxygen atoms in total. The Kier molecular flexibility index (Phi) is 7.57. The number of benzene rings is 1. The Bertz CT molecular complexity index is 1230. The number of nitrogens with one attached hydrogen (secondary N) is 1. The van der Waals surface area contributed by atoms with Gasteiger partial charge in [-0.15, -0.1) is 0 Å². The van der Waals surface area contributed by atoms with Gasteiger partial charge in [0.25, 0.3) is 0 Å². The van der Waals surface area contributed by atoms with E-state index in [1.54, 1.807) is 31.4 Å². The van der Waals surface area contributed by atoms with Gasteiger partial charge in [0.1, 0.15) is 12.2 Å². The van der Waals surface area contributed by atoms with Crippen molar-refractivity contribution in [3.63, 3.8) is 0 Å². The molecule has 1 aliphatic rings. The molecule has 35 heavy (non-hydrogen) atoms. The standard InChI is InChI=1S/C26H32N6O2S/c1-18-16-32(11-10-31(18)4)25-29-15-23(35-25)21-13-22(24(30-27)28-14-21)34-17-20-7-5-6-19(12-20)8-9-26(2,3)33/h5-7,12-15,18,33H,10-11,16-17,27H2,1-4H3,(H,28,30). The number of nitrogens with two attached hydrogens (primary N) is 1. The van der Waals surface area contributed by atoms with Crippen molar-refractivity contribution >= 4 is 22.3 Å². The molecule has 3 aromatic rings. The van der Waals surface area contributed by atoms with Crippen molar-refractivity contribution in [3.05, 3.63) is 53.9 Å². The van der Waals surface area contributed by atoms with Crippen molar-refractivity contribution in [1.82, 2.24) is 14.9 Å². The minimum atomic E-state index is -1.04. The maximum atomic E-state index is 9.84. The normalized spacial score (nSPS) is 16.5. The summed E-state index contributed by atoms with van der Waals surface area (Å²) in [6, 6.07) is 10.2. The van der Waals surface area contributed by atoms with Crippen LogP contribution in [-0.2, 0) is 6.61 Å². The zero-order valence-electron chi connectivity index (χ0n) is 20.6. The first kappa shape index (κ1) is 24.9. The van der Waals surface area contributed by atoms with Gasteiger partial charge in [0.2, 0.25) is 0 Å². The number of nitrogens with zero attached hydrogens (tertiary/aromatic N) is 4. The third-order valence-electron chi connectivity index (χ3n) is 5.83. The largest absolute Gasteiger partial charge is 0.485 e. The van der Waals surface area contributed by atoms with Crippen molar-refractivity contribution in [2.24, 2.45) is 5.84 Å². The number of thiazole rings is 1. The van der Waals surface area contributed by atoms with Gasteiger partial charge < -0.3 is 25.1 Å². The molecule has 0 saturated carbocycles. The molecule has 0 radical (unpaired) electrons. The topological polar surface area (TPSA) is 99.8 Å². The maximum Gasteiger partial charge on any atom is 0.185 e. The number of rotatable bonds is 6. The second-order valence-electron chi connectivity index (χ2n) is 9.30. The van der Waals surface area contributed by atoms with Crippen molar-refractivity contribution in [2.45, 2.75) is 39.0 Å². The lowest BCUT2D eigenvalue weighted by Crippen LogP contribution is -2.50. The highest BCUT2D eigenvalue weighted by Crippen LogP contribution is 2.35. The molecule has 0 spiro atoms. The second kappa shape index (κ2) is 10.6. The summed E-state index contributed by atoms with van der Waals surface area (Å²) < 4.78 is 6.09. The quantitative estimate of drug-likeness (QED) is 0.274. The van der Waals surface area contributed by atoms with E-state index in [1.165, 1.54) is 0 Å². The van der Waals surface area contributed by atoms with Crippen LogP contribution in [0.3, 0.4) is 0 Å². The number of pyridine rings is 1. The maximum absolute atomic E-state index is 9.84. The van der Waals surface area contributed by atoms with Gasteiger partial charge in [0.05, 0.1) is 4.88 Å². The van der Waals surface area contributed by atoms with E-state index in [0.717, 1.165) is 46.3 Å². The number of hydrogen-bond donors (Lipinski definition) is 3. The molecule has 2 aromatic heterocycles. The monoisotopic (exact) mass is 492 g/mol. The van der Waals surface area contributed by atoms with Crippen molar-refractivity contribution in [2.75, 3.05) is 37.0 Å². The Labute approximate surface area is 210 Å². The molecule has 4 rings (SSSR count). The summed E-state index contributed by atoms with van der Waals surface area (Å²) in [5, 5.41) is 10.9. The number of hydrogen-bond acceptors (Lipinski definition) is 9. The molecule has 1 atom stereocenters. The minimum Gasteiger partial charge on any atom is -0.485 e. The van der Waals surface area contributed by atoms with Gasteiger partial charge in [0.15, 0.2) is 16.7 Å². The molecular formula is C26H32N6O2S. The first-order valence-electron chi connectivity index (χ1n) is 11.6. The predicted molar refractivity (Wildman–Crippen MR) is 141 cm³/mol. The third-order valence-corrected chi connectivity index (χ3v) is 6.94. The van der Waals surface area contributed by atoms with Crippen LogP contribution in [0.1, 0.15) is 31.9 Å². The zero-order valence-corrected chi connectivity index (χ0v) is 21.4. The van der Waals surface area contributed by atoms with Crippen molar-refractivity contribution in [3.8, 4) is 28.0 Å². The average Bonchev–Trinajstić information content (AvgIpc) is 3.33. The number of hydrazine groups is 1. The second-order valence-corrected chi connectivity index (χ2v) is 10.3. The van der Waals surface area contributed by atoms with Crippen LogP contribution in [0.4, 0.5) is 10.9 Å². The first-order valence-corrected chi connectivity index (χ1v) is 12.4. The summed E-state index contributed by atoms with van der Waals surface area (Å²) in [5.41, 5.74) is 4.26. The highest BCUT2D eigenvalue weighted by Gasteiger charge is 2.23. The van der Waals surface area contributed by atoms with Gasteiger partial charge in [-0.3, -0.25) is 0 Å². The van der Waals surface area contributed by atoms with E-state index in [1.807, 2.05) is 36.5 Å². The molecule has 0 bridgehead atoms. The summed E-state index contributed by atoms with van der Waals surface area (Å²) in [7, 11) is 2.16. The van der Waals surface area contributed by atoms with E-state index in [4.69, 9.17) is 10.6 Å². The molecule has 1 aromatic carbocycles. The molecule has 184 valence electrons. The number of aromatic nitrogens is 2. The van der Waals surface area contributed by atoms with Gasteiger partial charge >= 0.3 is 0 Å². The fourth-order valence-electron chi connectivity index (χ4n) is 3.69. The Morgan fingerprint density at radius 2 is 2.09 bits per heavy atom. The van der Waals surface area contributed by atoms with Crippen LogP contribution in [0.15, 0.2) is 42.7 Å². The highest BCUT2D eigenvalue weighted by atomic mass is 32.1. The molecule has 0 aliphatic carbocycles. The van der Waals surface area contributed by atoms with Gasteiger partial charge in [-0.1, -0.05) is 35.3 Å². The number of aliphatic hydroxyl groups is 1. The van der Waals surface area contributed by atoms with Crippen molar-refractivity contribution in [1.29, 1.82) is 0 Å².